The number of carbonyl (C=O) groups is 1. The van der Waals surface area contributed by atoms with Gasteiger partial charge in [-0.3, -0.25) is 9.69 Å². The summed E-state index contributed by atoms with van der Waals surface area (Å²) in [4.78, 5) is 14.9. The molecule has 0 radical (unpaired) electrons. The Morgan fingerprint density at radius 1 is 1.00 bits per heavy atom. The molecule has 0 unspecified atom stereocenters. The lowest BCUT2D eigenvalue weighted by molar-refractivity contribution is -0.121. The maximum absolute atomic E-state index is 12.4. The Morgan fingerprint density at radius 2 is 1.75 bits per heavy atom. The number of nitrogens with zero attached hydrogens (tertiary/aromatic N) is 1. The van der Waals surface area contributed by atoms with Crippen molar-refractivity contribution in [2.24, 2.45) is 0 Å². The quantitative estimate of drug-likeness (QED) is 0.530. The zero-order valence-electron chi connectivity index (χ0n) is 18.4. The fraction of sp³-hybridized carbons (Fsp3) is 0.296. The number of amides is 1. The Kier molecular flexibility index (Phi) is 7.46. The molecule has 0 spiro atoms. The second kappa shape index (κ2) is 10.7. The summed E-state index contributed by atoms with van der Waals surface area (Å²) in [5.41, 5.74) is 4.51. The molecule has 0 bridgehead atoms. The molecular weight excluding hydrogens is 420 g/mol. The molecular formula is C27H29ClN2O2. The van der Waals surface area contributed by atoms with E-state index in [1.165, 1.54) is 11.1 Å². The first-order valence-corrected chi connectivity index (χ1v) is 11.5. The molecule has 1 saturated heterocycles. The number of nitrogens with one attached hydrogen (secondary N) is 1. The minimum atomic E-state index is 0.0650. The molecule has 1 fully saturated rings. The molecule has 0 atom stereocenters. The fourth-order valence-electron chi connectivity index (χ4n) is 4.32. The summed E-state index contributed by atoms with van der Waals surface area (Å²) in [7, 11) is 1.71. The summed E-state index contributed by atoms with van der Waals surface area (Å²) in [6, 6.07) is 24.5. The zero-order valence-corrected chi connectivity index (χ0v) is 19.1. The summed E-state index contributed by atoms with van der Waals surface area (Å²) in [6.07, 6.45) is 2.30. The number of ether oxygens (including phenoxy) is 1. The van der Waals surface area contributed by atoms with Gasteiger partial charge >= 0.3 is 0 Å². The second-order valence-electron chi connectivity index (χ2n) is 8.33. The number of likely N-dealkylation sites (tertiary alicyclic amines) is 1. The van der Waals surface area contributed by atoms with Crippen LogP contribution in [0.2, 0.25) is 5.02 Å². The maximum Gasteiger partial charge on any atom is 0.224 e. The number of halogens is 1. The number of para-hydroxylation sites is 1. The van der Waals surface area contributed by atoms with Crippen molar-refractivity contribution in [3.8, 4) is 16.9 Å². The van der Waals surface area contributed by atoms with Crippen LogP contribution in [-0.2, 0) is 17.8 Å². The van der Waals surface area contributed by atoms with Crippen LogP contribution in [0.1, 0.15) is 24.0 Å². The van der Waals surface area contributed by atoms with Crippen molar-refractivity contribution in [3.05, 3.63) is 88.9 Å². The monoisotopic (exact) mass is 448 g/mol. The SMILES string of the molecule is COc1ccccc1-c1cccc(CN2CCC(NC(=O)Cc3cccc(Cl)c3)CC2)c1. The molecule has 1 aliphatic heterocycles. The summed E-state index contributed by atoms with van der Waals surface area (Å²) >= 11 is 6.02. The van der Waals surface area contributed by atoms with Crippen molar-refractivity contribution in [3.63, 3.8) is 0 Å². The lowest BCUT2D eigenvalue weighted by Crippen LogP contribution is -2.44. The molecule has 3 aromatic carbocycles. The molecule has 4 nitrogen and oxygen atoms in total. The van der Waals surface area contributed by atoms with Crippen LogP contribution in [0.15, 0.2) is 72.8 Å². The van der Waals surface area contributed by atoms with Crippen molar-refractivity contribution in [2.45, 2.75) is 31.8 Å². The van der Waals surface area contributed by atoms with E-state index in [0.29, 0.717) is 11.4 Å². The number of benzene rings is 3. The Balaban J connectivity index is 1.29. The van der Waals surface area contributed by atoms with E-state index >= 15 is 0 Å². The standard InChI is InChI=1S/C27H29ClN2O2/c1-32-26-11-3-2-10-25(26)22-8-4-7-21(16-22)19-30-14-12-24(13-15-30)29-27(31)18-20-6-5-9-23(28)17-20/h2-11,16-17,24H,12-15,18-19H2,1H3,(H,29,31). The molecule has 1 N–H and O–H groups in total. The Hall–Kier alpha value is -2.82. The average molecular weight is 449 g/mol. The largest absolute Gasteiger partial charge is 0.496 e. The van der Waals surface area contributed by atoms with E-state index in [2.05, 4.69) is 40.5 Å². The Labute approximate surface area is 195 Å². The highest BCUT2D eigenvalue weighted by Gasteiger charge is 2.21. The van der Waals surface area contributed by atoms with E-state index in [0.717, 1.165) is 49.4 Å². The van der Waals surface area contributed by atoms with Crippen LogP contribution < -0.4 is 10.1 Å². The van der Waals surface area contributed by atoms with Crippen LogP contribution in [0.3, 0.4) is 0 Å². The lowest BCUT2D eigenvalue weighted by Gasteiger charge is -2.32. The van der Waals surface area contributed by atoms with Gasteiger partial charge in [0, 0.05) is 36.3 Å². The molecule has 0 saturated carbocycles. The van der Waals surface area contributed by atoms with E-state index in [-0.39, 0.29) is 11.9 Å². The Morgan fingerprint density at radius 3 is 2.53 bits per heavy atom. The topological polar surface area (TPSA) is 41.6 Å². The molecule has 4 rings (SSSR count). The van der Waals surface area contributed by atoms with E-state index < -0.39 is 0 Å². The van der Waals surface area contributed by atoms with Crippen molar-refractivity contribution in [1.82, 2.24) is 10.2 Å². The van der Waals surface area contributed by atoms with Crippen LogP contribution in [-0.4, -0.2) is 37.0 Å². The predicted octanol–water partition coefficient (Wildman–Crippen LogP) is 5.34. The smallest absolute Gasteiger partial charge is 0.224 e. The number of piperidine rings is 1. The first kappa shape index (κ1) is 22.4. The normalized spacial score (nSPS) is 14.8. The van der Waals surface area contributed by atoms with E-state index in [4.69, 9.17) is 16.3 Å². The third-order valence-corrected chi connectivity index (χ3v) is 6.19. The van der Waals surface area contributed by atoms with Gasteiger partial charge in [0.15, 0.2) is 0 Å². The van der Waals surface area contributed by atoms with Crippen molar-refractivity contribution < 1.29 is 9.53 Å². The van der Waals surface area contributed by atoms with E-state index in [1.54, 1.807) is 7.11 Å². The van der Waals surface area contributed by atoms with Gasteiger partial charge in [-0.1, -0.05) is 60.1 Å². The highest BCUT2D eigenvalue weighted by molar-refractivity contribution is 6.30. The summed E-state index contributed by atoms with van der Waals surface area (Å²) in [6.45, 7) is 2.86. The minimum absolute atomic E-state index is 0.0650. The van der Waals surface area contributed by atoms with E-state index in [1.807, 2.05) is 42.5 Å². The number of methoxy groups -OCH3 is 1. The minimum Gasteiger partial charge on any atom is -0.496 e. The van der Waals surface area contributed by atoms with Crippen molar-refractivity contribution in [2.75, 3.05) is 20.2 Å². The van der Waals surface area contributed by atoms with Gasteiger partial charge in [-0.2, -0.15) is 0 Å². The van der Waals surface area contributed by atoms with Crippen LogP contribution in [0.4, 0.5) is 0 Å². The van der Waals surface area contributed by atoms with Crippen LogP contribution >= 0.6 is 11.6 Å². The summed E-state index contributed by atoms with van der Waals surface area (Å²) < 4.78 is 5.52. The van der Waals surface area contributed by atoms with Crippen LogP contribution in [0.5, 0.6) is 5.75 Å². The molecule has 1 amide bonds. The van der Waals surface area contributed by atoms with Gasteiger partial charge in [0.1, 0.15) is 5.75 Å². The molecule has 3 aromatic rings. The third-order valence-electron chi connectivity index (χ3n) is 5.96. The summed E-state index contributed by atoms with van der Waals surface area (Å²) in [5.74, 6) is 0.953. The highest BCUT2D eigenvalue weighted by Crippen LogP contribution is 2.30. The first-order valence-electron chi connectivity index (χ1n) is 11.1. The highest BCUT2D eigenvalue weighted by atomic mass is 35.5. The number of rotatable bonds is 7. The van der Waals surface area contributed by atoms with Gasteiger partial charge in [0.25, 0.3) is 0 Å². The molecule has 0 aliphatic carbocycles. The van der Waals surface area contributed by atoms with Gasteiger partial charge in [0.05, 0.1) is 13.5 Å². The first-order chi connectivity index (χ1) is 15.6. The molecule has 166 valence electrons. The molecule has 0 aromatic heterocycles. The van der Waals surface area contributed by atoms with Crippen molar-refractivity contribution in [1.29, 1.82) is 0 Å². The third kappa shape index (κ3) is 5.90. The van der Waals surface area contributed by atoms with E-state index in [9.17, 15) is 4.79 Å². The number of hydrogen-bond donors (Lipinski definition) is 1. The number of carbonyl (C=O) groups excluding carboxylic acids is 1. The van der Waals surface area contributed by atoms with Crippen molar-refractivity contribution >= 4 is 17.5 Å². The average Bonchev–Trinajstić information content (AvgIpc) is 2.80. The second-order valence-corrected chi connectivity index (χ2v) is 8.76. The molecule has 1 heterocycles. The molecule has 5 heteroatoms. The van der Waals surface area contributed by atoms with Gasteiger partial charge in [-0.15, -0.1) is 0 Å². The molecule has 1 aliphatic rings. The lowest BCUT2D eigenvalue weighted by atomic mass is 10.0. The predicted molar refractivity (Wildman–Crippen MR) is 130 cm³/mol. The Bertz CT molecular complexity index is 1060. The van der Waals surface area contributed by atoms with Gasteiger partial charge in [0.2, 0.25) is 5.91 Å². The maximum atomic E-state index is 12.4. The summed E-state index contributed by atoms with van der Waals surface area (Å²) in [5, 5.41) is 3.86. The van der Waals surface area contributed by atoms with Crippen LogP contribution in [0, 0.1) is 0 Å². The van der Waals surface area contributed by atoms with Gasteiger partial charge < -0.3 is 10.1 Å². The van der Waals surface area contributed by atoms with Crippen LogP contribution in [0.25, 0.3) is 11.1 Å². The zero-order chi connectivity index (χ0) is 22.3. The van der Waals surface area contributed by atoms with Gasteiger partial charge in [-0.25, -0.2) is 0 Å². The van der Waals surface area contributed by atoms with Gasteiger partial charge in [-0.05, 0) is 53.8 Å². The fourth-order valence-corrected chi connectivity index (χ4v) is 4.54. The molecule has 32 heavy (non-hydrogen) atoms. The number of hydrogen-bond acceptors (Lipinski definition) is 3.